The lowest BCUT2D eigenvalue weighted by Crippen LogP contribution is -2.45. The highest BCUT2D eigenvalue weighted by Gasteiger charge is 2.40. The quantitative estimate of drug-likeness (QED) is 0.780. The molecule has 0 spiro atoms. The maximum atomic E-state index is 12.1. The maximum absolute atomic E-state index is 12.1. The number of nitrogens with one attached hydrogen (secondary N) is 1. The summed E-state index contributed by atoms with van der Waals surface area (Å²) in [6.07, 6.45) is 3.19. The lowest BCUT2D eigenvalue weighted by atomic mass is 10.2. The van der Waals surface area contributed by atoms with Crippen LogP contribution in [0, 0.1) is 0 Å². The minimum atomic E-state index is -0.393. The van der Waals surface area contributed by atoms with Gasteiger partial charge in [0.2, 0.25) is 0 Å². The van der Waals surface area contributed by atoms with Crippen LogP contribution in [0.15, 0.2) is 0 Å². The van der Waals surface area contributed by atoms with Crippen molar-refractivity contribution in [1.29, 1.82) is 0 Å². The van der Waals surface area contributed by atoms with E-state index in [0.29, 0.717) is 12.1 Å². The largest absolute Gasteiger partial charge is 0.444 e. The summed E-state index contributed by atoms with van der Waals surface area (Å²) in [5.74, 6) is 0. The van der Waals surface area contributed by atoms with E-state index in [4.69, 9.17) is 4.74 Å². The molecule has 1 saturated carbocycles. The summed E-state index contributed by atoms with van der Waals surface area (Å²) in [4.78, 5) is 14.1. The standard InChI is InChI=1S/C12H22N2O2/c1-12(2,3)16-11(15)14(9-4-5-9)10-6-7-13-8-10/h9-10,13H,4-8H2,1-3H3/t10-/m1/s1. The van der Waals surface area contributed by atoms with E-state index in [1.807, 2.05) is 25.7 Å². The lowest BCUT2D eigenvalue weighted by molar-refractivity contribution is 0.0157. The Morgan fingerprint density at radius 2 is 1.94 bits per heavy atom. The molecule has 16 heavy (non-hydrogen) atoms. The van der Waals surface area contributed by atoms with E-state index in [1.54, 1.807) is 0 Å². The molecule has 0 unspecified atom stereocenters. The van der Waals surface area contributed by atoms with Crippen molar-refractivity contribution in [2.24, 2.45) is 0 Å². The summed E-state index contributed by atoms with van der Waals surface area (Å²) in [5.41, 5.74) is -0.393. The molecule has 1 amide bonds. The molecule has 0 aromatic rings. The van der Waals surface area contributed by atoms with E-state index in [2.05, 4.69) is 5.32 Å². The second-order valence-electron chi connectivity index (χ2n) is 5.77. The van der Waals surface area contributed by atoms with Crippen molar-refractivity contribution >= 4 is 6.09 Å². The van der Waals surface area contributed by atoms with Crippen molar-refractivity contribution in [1.82, 2.24) is 10.2 Å². The fraction of sp³-hybridized carbons (Fsp3) is 0.917. The van der Waals surface area contributed by atoms with E-state index in [0.717, 1.165) is 32.4 Å². The first-order chi connectivity index (χ1) is 7.47. The third-order valence-corrected chi connectivity index (χ3v) is 2.97. The molecule has 1 aliphatic carbocycles. The zero-order valence-electron chi connectivity index (χ0n) is 10.5. The van der Waals surface area contributed by atoms with Gasteiger partial charge in [-0.2, -0.15) is 0 Å². The van der Waals surface area contributed by atoms with Crippen LogP contribution in [0.4, 0.5) is 4.79 Å². The Balaban J connectivity index is 1.98. The third kappa shape index (κ3) is 2.88. The fourth-order valence-electron chi connectivity index (χ4n) is 2.14. The van der Waals surface area contributed by atoms with Gasteiger partial charge in [0.15, 0.2) is 0 Å². The summed E-state index contributed by atoms with van der Waals surface area (Å²) < 4.78 is 5.47. The maximum Gasteiger partial charge on any atom is 0.410 e. The van der Waals surface area contributed by atoms with Crippen LogP contribution in [0.2, 0.25) is 0 Å². The molecule has 1 saturated heterocycles. The Hall–Kier alpha value is -0.770. The van der Waals surface area contributed by atoms with E-state index in [-0.39, 0.29) is 6.09 Å². The van der Waals surface area contributed by atoms with E-state index < -0.39 is 5.60 Å². The number of carbonyl (C=O) groups is 1. The second-order valence-corrected chi connectivity index (χ2v) is 5.77. The van der Waals surface area contributed by atoms with Crippen LogP contribution in [0.3, 0.4) is 0 Å². The zero-order chi connectivity index (χ0) is 11.8. The minimum Gasteiger partial charge on any atom is -0.444 e. The normalized spacial score (nSPS) is 25.6. The molecular formula is C12H22N2O2. The van der Waals surface area contributed by atoms with Gasteiger partial charge in [-0.3, -0.25) is 0 Å². The summed E-state index contributed by atoms with van der Waals surface area (Å²) in [5, 5.41) is 3.30. The first-order valence-electron chi connectivity index (χ1n) is 6.19. The molecule has 2 fully saturated rings. The zero-order valence-corrected chi connectivity index (χ0v) is 10.5. The van der Waals surface area contributed by atoms with Gasteiger partial charge in [0, 0.05) is 18.6 Å². The van der Waals surface area contributed by atoms with Crippen LogP contribution in [0.1, 0.15) is 40.0 Å². The number of hydrogen-bond acceptors (Lipinski definition) is 3. The number of hydrogen-bond donors (Lipinski definition) is 1. The third-order valence-electron chi connectivity index (χ3n) is 2.97. The highest BCUT2D eigenvalue weighted by atomic mass is 16.6. The predicted octanol–water partition coefficient (Wildman–Crippen LogP) is 1.75. The Morgan fingerprint density at radius 3 is 2.38 bits per heavy atom. The van der Waals surface area contributed by atoms with Crippen molar-refractivity contribution < 1.29 is 9.53 Å². The molecular weight excluding hydrogens is 204 g/mol. The summed E-state index contributed by atoms with van der Waals surface area (Å²) in [6.45, 7) is 7.68. The van der Waals surface area contributed by atoms with Gasteiger partial charge in [-0.15, -0.1) is 0 Å². The van der Waals surface area contributed by atoms with Gasteiger partial charge in [0.05, 0.1) is 0 Å². The van der Waals surface area contributed by atoms with Crippen LogP contribution < -0.4 is 5.32 Å². The van der Waals surface area contributed by atoms with Gasteiger partial charge >= 0.3 is 6.09 Å². The second kappa shape index (κ2) is 4.24. The van der Waals surface area contributed by atoms with Crippen LogP contribution in [-0.2, 0) is 4.74 Å². The van der Waals surface area contributed by atoms with E-state index >= 15 is 0 Å². The Morgan fingerprint density at radius 1 is 1.25 bits per heavy atom. The van der Waals surface area contributed by atoms with Crippen LogP contribution >= 0.6 is 0 Å². The summed E-state index contributed by atoms with van der Waals surface area (Å²) >= 11 is 0. The highest BCUT2D eigenvalue weighted by Crippen LogP contribution is 2.31. The summed E-state index contributed by atoms with van der Waals surface area (Å²) in [6, 6.07) is 0.766. The molecule has 1 aliphatic heterocycles. The van der Waals surface area contributed by atoms with Crippen molar-refractivity contribution in [3.63, 3.8) is 0 Å². The Kier molecular flexibility index (Phi) is 3.10. The monoisotopic (exact) mass is 226 g/mol. The molecule has 0 aromatic carbocycles. The molecule has 0 radical (unpaired) electrons. The molecule has 4 nitrogen and oxygen atoms in total. The topological polar surface area (TPSA) is 41.6 Å². The number of ether oxygens (including phenoxy) is 1. The van der Waals surface area contributed by atoms with Crippen molar-refractivity contribution in [3.8, 4) is 0 Å². The SMILES string of the molecule is CC(C)(C)OC(=O)N(C1CC1)[C@@H]1CCNC1. The molecule has 2 aliphatic rings. The highest BCUT2D eigenvalue weighted by molar-refractivity contribution is 5.69. The molecule has 0 aromatic heterocycles. The lowest BCUT2D eigenvalue weighted by Gasteiger charge is -2.31. The van der Waals surface area contributed by atoms with Crippen molar-refractivity contribution in [3.05, 3.63) is 0 Å². The van der Waals surface area contributed by atoms with Crippen LogP contribution in [0.5, 0.6) is 0 Å². The minimum absolute atomic E-state index is 0.135. The van der Waals surface area contributed by atoms with Gasteiger partial charge in [0.25, 0.3) is 0 Å². The van der Waals surface area contributed by atoms with E-state index in [1.165, 1.54) is 0 Å². The van der Waals surface area contributed by atoms with Crippen LogP contribution in [-0.4, -0.2) is 41.8 Å². The van der Waals surface area contributed by atoms with Crippen molar-refractivity contribution in [2.45, 2.75) is 57.7 Å². The van der Waals surface area contributed by atoms with Gasteiger partial charge < -0.3 is 15.0 Å². The molecule has 4 heteroatoms. The van der Waals surface area contributed by atoms with Crippen molar-refractivity contribution in [2.75, 3.05) is 13.1 Å². The van der Waals surface area contributed by atoms with Crippen LogP contribution in [0.25, 0.3) is 0 Å². The molecule has 2 rings (SSSR count). The molecule has 1 heterocycles. The fourth-order valence-corrected chi connectivity index (χ4v) is 2.14. The van der Waals surface area contributed by atoms with Gasteiger partial charge in [-0.05, 0) is 46.6 Å². The van der Waals surface area contributed by atoms with Gasteiger partial charge in [-0.1, -0.05) is 0 Å². The van der Waals surface area contributed by atoms with E-state index in [9.17, 15) is 4.79 Å². The molecule has 1 atom stereocenters. The van der Waals surface area contributed by atoms with Gasteiger partial charge in [0.1, 0.15) is 5.60 Å². The molecule has 1 N–H and O–H groups in total. The molecule has 0 bridgehead atoms. The Bertz CT molecular complexity index is 263. The average molecular weight is 226 g/mol. The number of carbonyl (C=O) groups excluding carboxylic acids is 1. The number of nitrogens with zero attached hydrogens (tertiary/aromatic N) is 1. The Labute approximate surface area is 97.3 Å². The number of amides is 1. The van der Waals surface area contributed by atoms with Gasteiger partial charge in [-0.25, -0.2) is 4.79 Å². The molecule has 92 valence electrons. The average Bonchev–Trinajstić information content (AvgIpc) is 2.78. The predicted molar refractivity (Wildman–Crippen MR) is 62.4 cm³/mol. The first kappa shape index (κ1) is 11.7. The first-order valence-corrected chi connectivity index (χ1v) is 6.19. The number of rotatable bonds is 2. The summed E-state index contributed by atoms with van der Waals surface area (Å²) in [7, 11) is 0. The smallest absolute Gasteiger partial charge is 0.410 e.